The molecule has 0 spiro atoms. The lowest BCUT2D eigenvalue weighted by Gasteiger charge is -2.07. The van der Waals surface area contributed by atoms with Gasteiger partial charge in [-0.1, -0.05) is 29.5 Å². The number of benzene rings is 1. The second-order valence-corrected chi connectivity index (χ2v) is 7.82. The maximum Gasteiger partial charge on any atom is 0.265 e. The normalized spacial score (nSPS) is 15.1. The van der Waals surface area contributed by atoms with Crippen LogP contribution in [-0.4, -0.2) is 23.6 Å². The third-order valence-electron chi connectivity index (χ3n) is 3.47. The van der Waals surface area contributed by atoms with Crippen LogP contribution < -0.4 is 4.72 Å². The monoisotopic (exact) mass is 332 g/mol. The number of aromatic nitrogens is 3. The molecule has 1 aliphatic carbocycles. The Morgan fingerprint density at radius 1 is 1.14 bits per heavy atom. The summed E-state index contributed by atoms with van der Waals surface area (Å²) in [5.74, 6) is 0.454. The second kappa shape index (κ2) is 4.99. The lowest BCUT2D eigenvalue weighted by molar-refractivity contribution is 0.602. The molecular weight excluding hydrogens is 320 g/mol. The van der Waals surface area contributed by atoms with Crippen LogP contribution in [0.25, 0.3) is 10.9 Å². The van der Waals surface area contributed by atoms with E-state index in [2.05, 4.69) is 19.9 Å². The van der Waals surface area contributed by atoms with Crippen molar-refractivity contribution in [3.63, 3.8) is 0 Å². The first-order valence-electron chi connectivity index (χ1n) is 6.83. The molecule has 0 unspecified atom stereocenters. The first kappa shape index (κ1) is 13.6. The third kappa shape index (κ3) is 2.44. The number of anilines is 1. The topological polar surface area (TPSA) is 84.8 Å². The number of sulfonamides is 1. The van der Waals surface area contributed by atoms with Crippen LogP contribution in [0.3, 0.4) is 0 Å². The lowest BCUT2D eigenvalue weighted by Crippen LogP contribution is -2.13. The van der Waals surface area contributed by atoms with E-state index in [0.29, 0.717) is 16.6 Å². The summed E-state index contributed by atoms with van der Waals surface area (Å²) >= 11 is 1.30. The van der Waals surface area contributed by atoms with E-state index in [1.54, 1.807) is 24.4 Å². The summed E-state index contributed by atoms with van der Waals surface area (Å²) in [5.41, 5.74) is 0.449. The molecule has 0 bridgehead atoms. The molecule has 2 heterocycles. The first-order valence-corrected chi connectivity index (χ1v) is 9.13. The molecule has 22 heavy (non-hydrogen) atoms. The molecule has 112 valence electrons. The molecule has 0 saturated heterocycles. The van der Waals surface area contributed by atoms with E-state index >= 15 is 0 Å². The molecule has 4 rings (SSSR count). The Hall–Kier alpha value is -2.06. The molecule has 6 nitrogen and oxygen atoms in total. The Morgan fingerprint density at radius 3 is 2.77 bits per heavy atom. The number of nitrogens with zero attached hydrogens (tertiary/aromatic N) is 3. The highest BCUT2D eigenvalue weighted by Crippen LogP contribution is 2.42. The van der Waals surface area contributed by atoms with Gasteiger partial charge in [0.1, 0.15) is 9.90 Å². The minimum absolute atomic E-state index is 0.147. The summed E-state index contributed by atoms with van der Waals surface area (Å²) < 4.78 is 27.7. The molecule has 0 aliphatic heterocycles. The van der Waals surface area contributed by atoms with Gasteiger partial charge < -0.3 is 0 Å². The van der Waals surface area contributed by atoms with Crippen molar-refractivity contribution in [2.24, 2.45) is 0 Å². The van der Waals surface area contributed by atoms with E-state index in [1.807, 2.05) is 12.1 Å². The molecule has 1 aromatic carbocycles. The van der Waals surface area contributed by atoms with Crippen LogP contribution in [0.5, 0.6) is 0 Å². The number of hydrogen-bond donors (Lipinski definition) is 1. The molecular formula is C14H12N4O2S2. The maximum atomic E-state index is 12.6. The Balaban J connectivity index is 1.72. The predicted molar refractivity (Wildman–Crippen MR) is 84.4 cm³/mol. The van der Waals surface area contributed by atoms with E-state index in [4.69, 9.17) is 0 Å². The van der Waals surface area contributed by atoms with Crippen molar-refractivity contribution in [2.45, 2.75) is 23.7 Å². The number of pyridine rings is 1. The van der Waals surface area contributed by atoms with Crippen molar-refractivity contribution in [1.82, 2.24) is 15.2 Å². The van der Waals surface area contributed by atoms with Gasteiger partial charge in [-0.2, -0.15) is 0 Å². The molecule has 1 saturated carbocycles. The summed E-state index contributed by atoms with van der Waals surface area (Å²) in [7, 11) is -3.74. The lowest BCUT2D eigenvalue weighted by atomic mass is 10.2. The van der Waals surface area contributed by atoms with Crippen LogP contribution in [-0.2, 0) is 10.0 Å². The zero-order valence-electron chi connectivity index (χ0n) is 11.4. The quantitative estimate of drug-likeness (QED) is 0.794. The molecule has 2 aromatic heterocycles. The van der Waals surface area contributed by atoms with E-state index in [1.165, 1.54) is 11.3 Å². The minimum atomic E-state index is -3.74. The summed E-state index contributed by atoms with van der Waals surface area (Å²) in [6.07, 6.45) is 3.79. The third-order valence-corrected chi connectivity index (χ3v) is 5.98. The van der Waals surface area contributed by atoms with Gasteiger partial charge in [-0.05, 0) is 25.0 Å². The highest BCUT2D eigenvalue weighted by atomic mass is 32.2. The Bertz CT molecular complexity index is 943. The van der Waals surface area contributed by atoms with Crippen LogP contribution in [0.4, 0.5) is 5.13 Å². The largest absolute Gasteiger partial charge is 0.265 e. The van der Waals surface area contributed by atoms with Gasteiger partial charge in [0.05, 0.1) is 5.52 Å². The van der Waals surface area contributed by atoms with Crippen molar-refractivity contribution in [3.05, 3.63) is 41.5 Å². The van der Waals surface area contributed by atoms with Gasteiger partial charge in [0.15, 0.2) is 0 Å². The number of fused-ring (bicyclic) bond motifs is 1. The first-order chi connectivity index (χ1) is 10.6. The van der Waals surface area contributed by atoms with E-state index in [9.17, 15) is 8.42 Å². The number of hydrogen-bond acceptors (Lipinski definition) is 6. The molecule has 8 heteroatoms. The fraction of sp³-hybridized carbons (Fsp3) is 0.214. The molecule has 3 aromatic rings. The molecule has 0 radical (unpaired) electrons. The fourth-order valence-corrected chi connectivity index (χ4v) is 4.56. The van der Waals surface area contributed by atoms with Crippen LogP contribution in [0.2, 0.25) is 0 Å². The molecule has 1 aliphatic rings. The van der Waals surface area contributed by atoms with Crippen molar-refractivity contribution < 1.29 is 8.42 Å². The van der Waals surface area contributed by atoms with Crippen LogP contribution in [0.15, 0.2) is 41.4 Å². The summed E-state index contributed by atoms with van der Waals surface area (Å²) in [4.78, 5) is 4.33. The zero-order valence-corrected chi connectivity index (χ0v) is 13.1. The van der Waals surface area contributed by atoms with Gasteiger partial charge in [-0.3, -0.25) is 9.71 Å². The van der Waals surface area contributed by atoms with Crippen molar-refractivity contribution in [1.29, 1.82) is 0 Å². The highest BCUT2D eigenvalue weighted by molar-refractivity contribution is 7.93. The Kier molecular flexibility index (Phi) is 3.08. The molecule has 1 fully saturated rings. The second-order valence-electron chi connectivity index (χ2n) is 5.16. The van der Waals surface area contributed by atoms with E-state index < -0.39 is 10.0 Å². The van der Waals surface area contributed by atoms with Crippen LogP contribution in [0.1, 0.15) is 23.8 Å². The molecule has 0 amide bonds. The molecule has 1 N–H and O–H groups in total. The summed E-state index contributed by atoms with van der Waals surface area (Å²) in [6, 6.07) is 8.68. The van der Waals surface area contributed by atoms with Gasteiger partial charge in [0, 0.05) is 17.5 Å². The smallest absolute Gasteiger partial charge is 0.255 e. The SMILES string of the molecule is O=S(=O)(Nc1nnc(C2CC2)s1)c1cccc2cccnc12. The Labute approximate surface area is 131 Å². The van der Waals surface area contributed by atoms with Crippen LogP contribution in [0, 0.1) is 0 Å². The van der Waals surface area contributed by atoms with Crippen molar-refractivity contribution >= 4 is 37.4 Å². The standard InChI is InChI=1S/C14H12N4O2S2/c19-22(20,18-14-17-16-13(21-14)10-6-7-10)11-5-1-3-9-4-2-8-15-12(9)11/h1-5,8,10H,6-7H2,(H,17,18). The van der Waals surface area contributed by atoms with Crippen molar-refractivity contribution in [2.75, 3.05) is 4.72 Å². The fourth-order valence-electron chi connectivity index (χ4n) is 2.23. The predicted octanol–water partition coefficient (Wildman–Crippen LogP) is 2.76. The minimum Gasteiger partial charge on any atom is -0.255 e. The van der Waals surface area contributed by atoms with Gasteiger partial charge >= 0.3 is 0 Å². The zero-order chi connectivity index (χ0) is 15.2. The number of rotatable bonds is 4. The highest BCUT2D eigenvalue weighted by Gasteiger charge is 2.28. The van der Waals surface area contributed by atoms with Crippen LogP contribution >= 0.6 is 11.3 Å². The number of nitrogens with one attached hydrogen (secondary N) is 1. The maximum absolute atomic E-state index is 12.6. The van der Waals surface area contributed by atoms with E-state index in [-0.39, 0.29) is 4.90 Å². The van der Waals surface area contributed by atoms with E-state index in [0.717, 1.165) is 23.2 Å². The van der Waals surface area contributed by atoms with Gasteiger partial charge in [0.2, 0.25) is 5.13 Å². The number of para-hydroxylation sites is 1. The Morgan fingerprint density at radius 2 is 1.95 bits per heavy atom. The van der Waals surface area contributed by atoms with Gasteiger partial charge in [0.25, 0.3) is 10.0 Å². The van der Waals surface area contributed by atoms with Gasteiger partial charge in [-0.15, -0.1) is 10.2 Å². The average molecular weight is 332 g/mol. The molecule has 0 atom stereocenters. The summed E-state index contributed by atoms with van der Waals surface area (Å²) in [6.45, 7) is 0. The average Bonchev–Trinajstić information content (AvgIpc) is 3.27. The van der Waals surface area contributed by atoms with Crippen molar-refractivity contribution in [3.8, 4) is 0 Å². The summed E-state index contributed by atoms with van der Waals surface area (Å²) in [5, 5.41) is 9.95. The van der Waals surface area contributed by atoms with Gasteiger partial charge in [-0.25, -0.2) is 8.42 Å².